The molecule has 6 rings (SSSR count). The van der Waals surface area contributed by atoms with Crippen LogP contribution in [0.5, 0.6) is 0 Å². The van der Waals surface area contributed by atoms with Crippen LogP contribution in [0.15, 0.2) is 71.8 Å². The summed E-state index contributed by atoms with van der Waals surface area (Å²) in [5, 5.41) is 9.32. The van der Waals surface area contributed by atoms with Crippen molar-refractivity contribution in [3.8, 4) is 11.3 Å². The Bertz CT molecular complexity index is 1270. The zero-order valence-corrected chi connectivity index (χ0v) is 17.4. The van der Waals surface area contributed by atoms with Gasteiger partial charge < -0.3 is 4.90 Å². The molecule has 0 radical (unpaired) electrons. The van der Waals surface area contributed by atoms with Crippen molar-refractivity contribution >= 4 is 23.5 Å². The van der Waals surface area contributed by atoms with E-state index in [0.29, 0.717) is 0 Å². The second-order valence-corrected chi connectivity index (χ2v) is 8.61. The highest BCUT2D eigenvalue weighted by atomic mass is 15.4. The van der Waals surface area contributed by atoms with E-state index in [0.717, 1.165) is 59.0 Å². The van der Waals surface area contributed by atoms with Gasteiger partial charge in [0.2, 0.25) is 0 Å². The molecule has 3 heterocycles. The lowest BCUT2D eigenvalue weighted by Gasteiger charge is -2.21. The lowest BCUT2D eigenvalue weighted by atomic mass is 10.2. The van der Waals surface area contributed by atoms with Gasteiger partial charge in [-0.05, 0) is 30.7 Å². The molecular formula is C25H24N6. The quantitative estimate of drug-likeness (QED) is 0.387. The minimum atomic E-state index is 0.728. The number of aryl methyl sites for hydroxylation is 1. The van der Waals surface area contributed by atoms with Gasteiger partial charge in [-0.2, -0.15) is 14.7 Å². The Kier molecular flexibility index (Phi) is 4.23. The molecule has 2 fully saturated rings. The highest BCUT2D eigenvalue weighted by molar-refractivity contribution is 5.80. The van der Waals surface area contributed by atoms with Gasteiger partial charge in [-0.25, -0.2) is 4.98 Å². The molecule has 2 atom stereocenters. The largest absolute Gasteiger partial charge is 0.356 e. The molecule has 1 N–H and O–H groups in total. The van der Waals surface area contributed by atoms with E-state index in [1.165, 1.54) is 12.0 Å². The lowest BCUT2D eigenvalue weighted by molar-refractivity contribution is 0.775. The summed E-state index contributed by atoms with van der Waals surface area (Å²) < 4.78 is 1.97. The number of benzene rings is 2. The fourth-order valence-electron chi connectivity index (χ4n) is 4.50. The number of rotatable bonds is 5. The van der Waals surface area contributed by atoms with E-state index < -0.39 is 0 Å². The minimum Gasteiger partial charge on any atom is -0.356 e. The smallest absolute Gasteiger partial charge is 0.160 e. The molecule has 31 heavy (non-hydrogen) atoms. The van der Waals surface area contributed by atoms with E-state index in [2.05, 4.69) is 52.7 Å². The fourth-order valence-corrected chi connectivity index (χ4v) is 4.50. The average Bonchev–Trinajstić information content (AvgIpc) is 3.19. The maximum Gasteiger partial charge on any atom is 0.160 e. The van der Waals surface area contributed by atoms with Crippen LogP contribution in [0.4, 0.5) is 11.6 Å². The van der Waals surface area contributed by atoms with Gasteiger partial charge in [0, 0.05) is 30.8 Å². The first-order valence-electron chi connectivity index (χ1n) is 10.8. The summed E-state index contributed by atoms with van der Waals surface area (Å²) in [6, 6.07) is 22.6. The zero-order chi connectivity index (χ0) is 20.8. The van der Waals surface area contributed by atoms with Crippen LogP contribution in [0.3, 0.4) is 0 Å². The Morgan fingerprint density at radius 1 is 1.00 bits per heavy atom. The summed E-state index contributed by atoms with van der Waals surface area (Å²) in [6.45, 7) is 4.27. The van der Waals surface area contributed by atoms with Crippen LogP contribution in [-0.4, -0.2) is 33.9 Å². The summed E-state index contributed by atoms with van der Waals surface area (Å²) in [4.78, 5) is 7.22. The molecule has 2 unspecified atom stereocenters. The molecule has 4 aromatic rings. The monoisotopic (exact) mass is 408 g/mol. The van der Waals surface area contributed by atoms with Crippen molar-refractivity contribution in [3.63, 3.8) is 0 Å². The molecular weight excluding hydrogens is 384 g/mol. The van der Waals surface area contributed by atoms with E-state index in [4.69, 9.17) is 10.1 Å². The Balaban J connectivity index is 1.36. The van der Waals surface area contributed by atoms with E-state index in [9.17, 15) is 0 Å². The number of nitrogens with one attached hydrogen (secondary N) is 1. The molecule has 6 nitrogen and oxygen atoms in total. The first kappa shape index (κ1) is 18.1. The number of hydrogen-bond donors (Lipinski definition) is 1. The average molecular weight is 409 g/mol. The van der Waals surface area contributed by atoms with Crippen LogP contribution in [0.2, 0.25) is 0 Å². The van der Waals surface area contributed by atoms with Gasteiger partial charge in [0.1, 0.15) is 5.82 Å². The van der Waals surface area contributed by atoms with Crippen molar-refractivity contribution in [2.45, 2.75) is 13.3 Å². The summed E-state index contributed by atoms with van der Waals surface area (Å²) in [5.74, 6) is 3.48. The molecule has 2 aromatic heterocycles. The van der Waals surface area contributed by atoms with Crippen molar-refractivity contribution in [1.29, 1.82) is 0 Å². The third-order valence-electron chi connectivity index (χ3n) is 6.22. The summed E-state index contributed by atoms with van der Waals surface area (Å²) in [7, 11) is 0. The SMILES string of the molecule is Cc1cccc(C=NNc2cc(N3CC4CC4C3)n3nc(-c4ccccc4)cc3n2)c1. The van der Waals surface area contributed by atoms with Gasteiger partial charge in [0.25, 0.3) is 0 Å². The van der Waals surface area contributed by atoms with Gasteiger partial charge in [-0.3, -0.25) is 5.43 Å². The zero-order valence-electron chi connectivity index (χ0n) is 17.4. The molecule has 2 aromatic carbocycles. The summed E-state index contributed by atoms with van der Waals surface area (Å²) in [5.41, 5.74) is 8.25. The highest BCUT2D eigenvalue weighted by Gasteiger charge is 2.45. The maximum absolute atomic E-state index is 4.89. The first-order chi connectivity index (χ1) is 15.2. The van der Waals surface area contributed by atoms with Crippen molar-refractivity contribution in [2.24, 2.45) is 16.9 Å². The molecule has 1 aliphatic heterocycles. The molecule has 0 amide bonds. The first-order valence-corrected chi connectivity index (χ1v) is 10.8. The van der Waals surface area contributed by atoms with E-state index >= 15 is 0 Å². The number of nitrogens with zero attached hydrogens (tertiary/aromatic N) is 5. The molecule has 1 saturated carbocycles. The Morgan fingerprint density at radius 3 is 2.65 bits per heavy atom. The number of fused-ring (bicyclic) bond motifs is 2. The molecule has 1 saturated heterocycles. The number of anilines is 2. The van der Waals surface area contributed by atoms with Gasteiger partial charge in [0.05, 0.1) is 11.9 Å². The van der Waals surface area contributed by atoms with E-state index in [1.807, 2.05) is 47.1 Å². The normalized spacial score (nSPS) is 19.8. The van der Waals surface area contributed by atoms with Crippen LogP contribution in [0.25, 0.3) is 16.9 Å². The van der Waals surface area contributed by atoms with Crippen molar-refractivity contribution in [3.05, 3.63) is 77.9 Å². The predicted octanol–water partition coefficient (Wildman–Crippen LogP) is 4.61. The third-order valence-corrected chi connectivity index (χ3v) is 6.22. The summed E-state index contributed by atoms with van der Waals surface area (Å²) in [6.07, 6.45) is 3.19. The van der Waals surface area contributed by atoms with Crippen molar-refractivity contribution in [2.75, 3.05) is 23.4 Å². The second-order valence-electron chi connectivity index (χ2n) is 8.61. The number of aromatic nitrogens is 3. The summed E-state index contributed by atoms with van der Waals surface area (Å²) >= 11 is 0. The number of piperidine rings is 1. The third kappa shape index (κ3) is 3.54. The molecule has 2 aliphatic rings. The highest BCUT2D eigenvalue weighted by Crippen LogP contribution is 2.46. The fraction of sp³-hybridized carbons (Fsp3) is 0.240. The Labute approximate surface area is 181 Å². The van der Waals surface area contributed by atoms with Crippen molar-refractivity contribution in [1.82, 2.24) is 14.6 Å². The van der Waals surface area contributed by atoms with Crippen LogP contribution in [0, 0.1) is 18.8 Å². The van der Waals surface area contributed by atoms with Gasteiger partial charge in [0.15, 0.2) is 11.5 Å². The minimum absolute atomic E-state index is 0.728. The van der Waals surface area contributed by atoms with Crippen LogP contribution in [-0.2, 0) is 0 Å². The van der Waals surface area contributed by atoms with Crippen LogP contribution < -0.4 is 10.3 Å². The number of hydrazone groups is 1. The van der Waals surface area contributed by atoms with Gasteiger partial charge in [-0.1, -0.05) is 60.2 Å². The van der Waals surface area contributed by atoms with Gasteiger partial charge >= 0.3 is 0 Å². The van der Waals surface area contributed by atoms with Gasteiger partial charge in [-0.15, -0.1) is 0 Å². The van der Waals surface area contributed by atoms with Crippen molar-refractivity contribution < 1.29 is 0 Å². The standard InChI is InChI=1S/C25H24N6/c1-17-6-5-7-18(10-17)14-26-28-23-13-25(30-15-20-11-21(20)16-30)31-24(27-23)12-22(29-31)19-8-3-2-4-9-19/h2-10,12-14,20-21H,11,15-16H2,1H3,(H,27,28). The Hall–Kier alpha value is -3.67. The second kappa shape index (κ2) is 7.23. The van der Waals surface area contributed by atoms with E-state index in [1.54, 1.807) is 0 Å². The van der Waals surface area contributed by atoms with E-state index in [-0.39, 0.29) is 0 Å². The molecule has 154 valence electrons. The Morgan fingerprint density at radius 2 is 1.84 bits per heavy atom. The maximum atomic E-state index is 4.89. The molecule has 1 aliphatic carbocycles. The van der Waals surface area contributed by atoms with Crippen LogP contribution >= 0.6 is 0 Å². The molecule has 0 bridgehead atoms. The topological polar surface area (TPSA) is 57.8 Å². The van der Waals surface area contributed by atoms with Crippen LogP contribution in [0.1, 0.15) is 17.5 Å². The molecule has 6 heteroatoms. The molecule has 0 spiro atoms. The predicted molar refractivity (Wildman–Crippen MR) is 125 cm³/mol. The number of hydrogen-bond acceptors (Lipinski definition) is 5. The lowest BCUT2D eigenvalue weighted by Crippen LogP contribution is -2.24.